The van der Waals surface area contributed by atoms with Gasteiger partial charge in [0.2, 0.25) is 0 Å². The molecule has 7 heteroatoms. The van der Waals surface area contributed by atoms with Crippen LogP contribution in [0.4, 0.5) is 5.69 Å². The van der Waals surface area contributed by atoms with Crippen molar-refractivity contribution in [3.8, 4) is 0 Å². The van der Waals surface area contributed by atoms with E-state index in [0.717, 1.165) is 4.90 Å². The van der Waals surface area contributed by atoms with Crippen LogP contribution in [0.5, 0.6) is 0 Å². The monoisotopic (exact) mass is 365 g/mol. The molecule has 1 aromatic carbocycles. The highest BCUT2D eigenvalue weighted by Crippen LogP contribution is 2.35. The maximum Gasteiger partial charge on any atom is 0.355 e. The largest absolute Gasteiger partial charge is 0.465 e. The molecule has 0 fully saturated rings. The van der Waals surface area contributed by atoms with E-state index in [-0.39, 0.29) is 11.3 Å². The number of benzene rings is 1. The van der Waals surface area contributed by atoms with Gasteiger partial charge in [-0.05, 0) is 36.6 Å². The predicted octanol–water partition coefficient (Wildman–Crippen LogP) is 3.55. The Morgan fingerprint density at radius 1 is 1.12 bits per heavy atom. The molecule has 24 heavy (non-hydrogen) atoms. The lowest BCUT2D eigenvalue weighted by Crippen LogP contribution is -2.27. The van der Waals surface area contributed by atoms with Crippen LogP contribution in [0, 0.1) is 0 Å². The van der Waals surface area contributed by atoms with Crippen LogP contribution in [0.15, 0.2) is 58.8 Å². The minimum Gasteiger partial charge on any atom is -0.465 e. The third-order valence-corrected chi connectivity index (χ3v) is 4.31. The highest BCUT2D eigenvalue weighted by Gasteiger charge is 2.28. The smallest absolute Gasteiger partial charge is 0.355 e. The van der Waals surface area contributed by atoms with Crippen molar-refractivity contribution in [3.05, 3.63) is 58.9 Å². The number of nitrogens with zero attached hydrogens (tertiary/aromatic N) is 1. The molecule has 1 aromatic rings. The number of carbonyl (C=O) groups is 2. The Morgan fingerprint density at radius 3 is 2.46 bits per heavy atom. The summed E-state index contributed by atoms with van der Waals surface area (Å²) in [7, 11) is 2.52. The molecule has 0 aliphatic carbocycles. The van der Waals surface area contributed by atoms with Crippen LogP contribution in [0.25, 0.3) is 0 Å². The topological polar surface area (TPSA) is 55.8 Å². The van der Waals surface area contributed by atoms with Gasteiger partial charge in [-0.1, -0.05) is 17.7 Å². The maximum atomic E-state index is 12.4. The van der Waals surface area contributed by atoms with Crippen LogP contribution >= 0.6 is 23.4 Å². The van der Waals surface area contributed by atoms with Crippen LogP contribution < -0.4 is 4.90 Å². The summed E-state index contributed by atoms with van der Waals surface area (Å²) in [5, 5.41) is 0.511. The number of ether oxygens (including phenoxy) is 2. The first kappa shape index (κ1) is 18.2. The number of allylic oxidation sites excluding steroid dienone is 2. The van der Waals surface area contributed by atoms with Gasteiger partial charge in [0.05, 0.1) is 25.5 Å². The van der Waals surface area contributed by atoms with Gasteiger partial charge in [-0.25, -0.2) is 9.59 Å². The van der Waals surface area contributed by atoms with Crippen molar-refractivity contribution in [3.63, 3.8) is 0 Å². The van der Waals surface area contributed by atoms with E-state index in [4.69, 9.17) is 21.1 Å². The van der Waals surface area contributed by atoms with Crippen molar-refractivity contribution in [2.24, 2.45) is 0 Å². The van der Waals surface area contributed by atoms with Crippen LogP contribution in [0.3, 0.4) is 0 Å². The maximum absolute atomic E-state index is 12.4. The lowest BCUT2D eigenvalue weighted by molar-refractivity contribution is -0.139. The molecular formula is C17H16ClNO4S. The second kappa shape index (κ2) is 8.08. The first-order valence-corrected chi connectivity index (χ1v) is 8.52. The number of anilines is 1. The molecule has 0 N–H and O–H groups in total. The van der Waals surface area contributed by atoms with Gasteiger partial charge in [-0.2, -0.15) is 0 Å². The Kier molecular flexibility index (Phi) is 6.11. The van der Waals surface area contributed by atoms with E-state index in [2.05, 4.69) is 0 Å². The van der Waals surface area contributed by atoms with Gasteiger partial charge in [0.15, 0.2) is 0 Å². The van der Waals surface area contributed by atoms with Gasteiger partial charge in [-0.3, -0.25) is 0 Å². The number of thioether (sulfide) groups is 1. The fourth-order valence-electron chi connectivity index (χ4n) is 2.20. The second-order valence-electron chi connectivity index (χ2n) is 4.63. The normalized spacial score (nSPS) is 13.8. The summed E-state index contributed by atoms with van der Waals surface area (Å²) in [6.07, 6.45) is 8.46. The number of rotatable bonds is 4. The van der Waals surface area contributed by atoms with Crippen molar-refractivity contribution in [1.82, 2.24) is 0 Å². The molecule has 126 valence electrons. The van der Waals surface area contributed by atoms with Crippen molar-refractivity contribution < 1.29 is 19.1 Å². The van der Waals surface area contributed by atoms with E-state index in [1.807, 2.05) is 12.3 Å². The molecule has 1 aliphatic rings. The van der Waals surface area contributed by atoms with E-state index in [9.17, 15) is 9.59 Å². The molecule has 1 heterocycles. The molecule has 0 saturated heterocycles. The van der Waals surface area contributed by atoms with Crippen LogP contribution in [0.2, 0.25) is 5.02 Å². The van der Waals surface area contributed by atoms with Crippen molar-refractivity contribution >= 4 is 41.0 Å². The highest BCUT2D eigenvalue weighted by atomic mass is 35.5. The Hall–Kier alpha value is -2.18. The van der Waals surface area contributed by atoms with E-state index >= 15 is 0 Å². The molecule has 2 rings (SSSR count). The summed E-state index contributed by atoms with van der Waals surface area (Å²) >= 11 is 7.62. The minimum atomic E-state index is -0.654. The summed E-state index contributed by atoms with van der Waals surface area (Å²) in [5.41, 5.74) is 0.824. The predicted molar refractivity (Wildman–Crippen MR) is 95.1 cm³/mol. The molecule has 0 aromatic heterocycles. The molecule has 0 unspecified atom stereocenters. The fraction of sp³-hybridized carbons (Fsp3) is 0.176. The molecule has 0 spiro atoms. The number of halogens is 1. The number of esters is 2. The standard InChI is InChI=1S/C17H16ClNO4S/c1-22-16(20)12-6-4-5-9-19(15(12)17(21)23-2)13-10-11(18)7-8-14(13)24-3/h4-10H,1-3H3. The van der Waals surface area contributed by atoms with E-state index in [0.29, 0.717) is 10.7 Å². The molecule has 0 bridgehead atoms. The second-order valence-corrected chi connectivity index (χ2v) is 5.92. The zero-order valence-electron chi connectivity index (χ0n) is 13.4. The zero-order chi connectivity index (χ0) is 17.7. The van der Waals surface area contributed by atoms with Gasteiger partial charge in [0.1, 0.15) is 5.70 Å². The van der Waals surface area contributed by atoms with E-state index < -0.39 is 11.9 Å². The molecule has 0 radical (unpaired) electrons. The van der Waals surface area contributed by atoms with Crippen molar-refractivity contribution in [2.75, 3.05) is 25.4 Å². The van der Waals surface area contributed by atoms with Crippen molar-refractivity contribution in [2.45, 2.75) is 4.90 Å². The van der Waals surface area contributed by atoms with E-state index in [1.54, 1.807) is 35.4 Å². The third-order valence-electron chi connectivity index (χ3n) is 3.29. The van der Waals surface area contributed by atoms with E-state index in [1.165, 1.54) is 32.1 Å². The Bertz CT molecular complexity index is 755. The van der Waals surface area contributed by atoms with Gasteiger partial charge in [0.25, 0.3) is 0 Å². The summed E-state index contributed by atoms with van der Waals surface area (Å²) in [6, 6.07) is 5.33. The summed E-state index contributed by atoms with van der Waals surface area (Å²) < 4.78 is 9.66. The van der Waals surface area contributed by atoms with Gasteiger partial charge in [-0.15, -0.1) is 11.8 Å². The number of carbonyl (C=O) groups excluding carboxylic acids is 2. The molecule has 0 amide bonds. The van der Waals surface area contributed by atoms with Gasteiger partial charge in [0, 0.05) is 16.1 Å². The lowest BCUT2D eigenvalue weighted by atomic mass is 10.1. The van der Waals surface area contributed by atoms with Crippen LogP contribution in [-0.2, 0) is 19.1 Å². The van der Waals surface area contributed by atoms with Crippen LogP contribution in [0.1, 0.15) is 0 Å². The quantitative estimate of drug-likeness (QED) is 0.600. The lowest BCUT2D eigenvalue weighted by Gasteiger charge is -2.25. The number of hydrogen-bond acceptors (Lipinski definition) is 6. The molecule has 1 aliphatic heterocycles. The third kappa shape index (κ3) is 3.66. The summed E-state index contributed by atoms with van der Waals surface area (Å²) in [6.45, 7) is 0. The summed E-state index contributed by atoms with van der Waals surface area (Å²) in [5.74, 6) is -1.29. The average molecular weight is 366 g/mol. The SMILES string of the molecule is COC(=O)C1=C(C(=O)OC)N(c2cc(Cl)ccc2SC)C=CC=C1. The summed E-state index contributed by atoms with van der Waals surface area (Å²) in [4.78, 5) is 27.0. The molecule has 5 nitrogen and oxygen atoms in total. The Labute approximate surface area is 149 Å². The van der Waals surface area contributed by atoms with Crippen molar-refractivity contribution in [1.29, 1.82) is 0 Å². The molecule has 0 saturated carbocycles. The Balaban J connectivity index is 2.72. The van der Waals surface area contributed by atoms with Gasteiger partial charge < -0.3 is 14.4 Å². The molecule has 0 atom stereocenters. The number of hydrogen-bond donors (Lipinski definition) is 0. The Morgan fingerprint density at radius 2 is 1.83 bits per heavy atom. The average Bonchev–Trinajstić information content (AvgIpc) is 2.83. The van der Waals surface area contributed by atoms with Crippen LogP contribution in [-0.4, -0.2) is 32.4 Å². The fourth-order valence-corrected chi connectivity index (χ4v) is 2.94. The molecular weight excluding hydrogens is 350 g/mol. The zero-order valence-corrected chi connectivity index (χ0v) is 15.0. The minimum absolute atomic E-state index is 0.0620. The number of methoxy groups -OCH3 is 2. The van der Waals surface area contributed by atoms with Gasteiger partial charge >= 0.3 is 11.9 Å². The first-order chi connectivity index (χ1) is 11.5. The first-order valence-electron chi connectivity index (χ1n) is 6.92. The highest BCUT2D eigenvalue weighted by molar-refractivity contribution is 7.98.